The summed E-state index contributed by atoms with van der Waals surface area (Å²) >= 11 is 0. The van der Waals surface area contributed by atoms with Gasteiger partial charge in [0, 0.05) is 24.2 Å². The molecule has 0 radical (unpaired) electrons. The van der Waals surface area contributed by atoms with Crippen molar-refractivity contribution in [2.75, 3.05) is 0 Å². The van der Waals surface area contributed by atoms with Crippen molar-refractivity contribution < 1.29 is 0 Å². The zero-order valence-electron chi connectivity index (χ0n) is 12.8. The van der Waals surface area contributed by atoms with Gasteiger partial charge in [-0.15, -0.1) is 0 Å². The molecule has 3 heterocycles. The number of benzene rings is 1. The highest BCUT2D eigenvalue weighted by molar-refractivity contribution is 5.79. The molecule has 1 aliphatic rings. The van der Waals surface area contributed by atoms with Crippen molar-refractivity contribution in [2.45, 2.75) is 25.8 Å². The molecule has 1 aliphatic heterocycles. The van der Waals surface area contributed by atoms with Crippen LogP contribution in [0.5, 0.6) is 0 Å². The molecular formula is C19H15N3O. The molecule has 0 amide bonds. The summed E-state index contributed by atoms with van der Waals surface area (Å²) in [4.78, 5) is 21.4. The van der Waals surface area contributed by atoms with Crippen molar-refractivity contribution in [3.8, 4) is 11.8 Å². The second-order valence-electron chi connectivity index (χ2n) is 5.79. The molecular weight excluding hydrogens is 286 g/mol. The molecule has 4 rings (SSSR count). The molecule has 1 atom stereocenters. The lowest BCUT2D eigenvalue weighted by Gasteiger charge is -2.09. The van der Waals surface area contributed by atoms with E-state index in [2.05, 4.69) is 28.7 Å². The summed E-state index contributed by atoms with van der Waals surface area (Å²) in [5.41, 5.74) is 2.34. The fraction of sp³-hybridized carbons (Fsp3) is 0.211. The number of rotatable bonds is 0. The highest BCUT2D eigenvalue weighted by Gasteiger charge is 2.21. The van der Waals surface area contributed by atoms with Gasteiger partial charge in [0.15, 0.2) is 0 Å². The molecule has 112 valence electrons. The number of nitrogens with zero attached hydrogens (tertiary/aromatic N) is 3. The van der Waals surface area contributed by atoms with E-state index in [9.17, 15) is 4.79 Å². The van der Waals surface area contributed by atoms with Crippen LogP contribution in [0.15, 0.2) is 47.4 Å². The Labute approximate surface area is 133 Å². The second-order valence-corrected chi connectivity index (χ2v) is 5.79. The van der Waals surface area contributed by atoms with E-state index >= 15 is 0 Å². The smallest absolute Gasteiger partial charge is 0.261 e. The molecule has 1 aromatic carbocycles. The third-order valence-electron chi connectivity index (χ3n) is 4.20. The standard InChI is InChI=1S/C19H15N3O/c1-13-5-10-18-21-17-12-14(6-8-15-4-2-3-11-20-15)7-9-16(17)19(23)22(13)18/h2-4,7,9,11-13H,5,10H2,1H3. The van der Waals surface area contributed by atoms with E-state index in [4.69, 9.17) is 0 Å². The van der Waals surface area contributed by atoms with Gasteiger partial charge in [-0.05, 0) is 49.6 Å². The molecule has 1 unspecified atom stereocenters. The molecule has 0 fully saturated rings. The van der Waals surface area contributed by atoms with Crippen LogP contribution in [0.1, 0.15) is 36.5 Å². The van der Waals surface area contributed by atoms with Crippen LogP contribution in [0.2, 0.25) is 0 Å². The minimum atomic E-state index is 0.0548. The summed E-state index contributed by atoms with van der Waals surface area (Å²) in [6, 6.07) is 11.4. The van der Waals surface area contributed by atoms with Crippen LogP contribution >= 0.6 is 0 Å². The molecule has 0 N–H and O–H groups in total. The third-order valence-corrected chi connectivity index (χ3v) is 4.20. The maximum atomic E-state index is 12.6. The first-order chi connectivity index (χ1) is 11.2. The molecule has 0 spiro atoms. The van der Waals surface area contributed by atoms with Crippen LogP contribution in [-0.4, -0.2) is 14.5 Å². The predicted octanol–water partition coefficient (Wildman–Crippen LogP) is 2.70. The van der Waals surface area contributed by atoms with Crippen molar-refractivity contribution in [3.63, 3.8) is 0 Å². The topological polar surface area (TPSA) is 47.8 Å². The minimum Gasteiger partial charge on any atom is -0.293 e. The lowest BCUT2D eigenvalue weighted by atomic mass is 10.1. The van der Waals surface area contributed by atoms with Crippen LogP contribution in [0.3, 0.4) is 0 Å². The molecule has 0 saturated heterocycles. The first-order valence-corrected chi connectivity index (χ1v) is 7.70. The molecule has 4 nitrogen and oxygen atoms in total. The Kier molecular flexibility index (Phi) is 3.20. The van der Waals surface area contributed by atoms with Gasteiger partial charge < -0.3 is 0 Å². The van der Waals surface area contributed by atoms with E-state index in [1.54, 1.807) is 6.20 Å². The lowest BCUT2D eigenvalue weighted by Crippen LogP contribution is -2.23. The molecule has 3 aromatic rings. The van der Waals surface area contributed by atoms with E-state index in [1.807, 2.05) is 41.0 Å². The van der Waals surface area contributed by atoms with Crippen LogP contribution in [0.4, 0.5) is 0 Å². The minimum absolute atomic E-state index is 0.0548. The molecule has 0 saturated carbocycles. The number of hydrogen-bond donors (Lipinski definition) is 0. The van der Waals surface area contributed by atoms with Gasteiger partial charge in [-0.25, -0.2) is 9.97 Å². The summed E-state index contributed by atoms with van der Waals surface area (Å²) in [7, 11) is 0. The first kappa shape index (κ1) is 13.7. The Balaban J connectivity index is 1.81. The van der Waals surface area contributed by atoms with Gasteiger partial charge in [-0.1, -0.05) is 12.0 Å². The highest BCUT2D eigenvalue weighted by Crippen LogP contribution is 2.23. The molecule has 4 heteroatoms. The number of aryl methyl sites for hydroxylation is 1. The van der Waals surface area contributed by atoms with Gasteiger partial charge in [0.25, 0.3) is 5.56 Å². The Morgan fingerprint density at radius 2 is 2.13 bits per heavy atom. The summed E-state index contributed by atoms with van der Waals surface area (Å²) < 4.78 is 1.82. The van der Waals surface area contributed by atoms with Gasteiger partial charge in [-0.3, -0.25) is 9.36 Å². The van der Waals surface area contributed by atoms with E-state index in [-0.39, 0.29) is 11.6 Å². The molecule has 2 aromatic heterocycles. The van der Waals surface area contributed by atoms with Crippen molar-refractivity contribution in [1.82, 2.24) is 14.5 Å². The Bertz CT molecular complexity index is 1010. The molecule has 0 aliphatic carbocycles. The fourth-order valence-electron chi connectivity index (χ4n) is 2.99. The average molecular weight is 301 g/mol. The first-order valence-electron chi connectivity index (χ1n) is 7.70. The van der Waals surface area contributed by atoms with E-state index in [0.717, 1.165) is 35.4 Å². The highest BCUT2D eigenvalue weighted by atomic mass is 16.1. The van der Waals surface area contributed by atoms with Crippen LogP contribution in [0, 0.1) is 11.8 Å². The number of aromatic nitrogens is 3. The molecule has 23 heavy (non-hydrogen) atoms. The Morgan fingerprint density at radius 3 is 2.96 bits per heavy atom. The number of pyridine rings is 1. The Hall–Kier alpha value is -2.93. The summed E-state index contributed by atoms with van der Waals surface area (Å²) in [5.74, 6) is 6.99. The summed E-state index contributed by atoms with van der Waals surface area (Å²) in [6.07, 6.45) is 3.55. The van der Waals surface area contributed by atoms with Crippen molar-refractivity contribution >= 4 is 10.9 Å². The van der Waals surface area contributed by atoms with Crippen LogP contribution in [-0.2, 0) is 6.42 Å². The Morgan fingerprint density at radius 1 is 1.22 bits per heavy atom. The average Bonchev–Trinajstić information content (AvgIpc) is 2.95. The largest absolute Gasteiger partial charge is 0.293 e. The number of hydrogen-bond acceptors (Lipinski definition) is 3. The SMILES string of the molecule is CC1CCc2nc3cc(C#Cc4ccccn4)ccc3c(=O)n21. The predicted molar refractivity (Wildman–Crippen MR) is 89.3 cm³/mol. The molecule has 0 bridgehead atoms. The van der Waals surface area contributed by atoms with Gasteiger partial charge in [0.2, 0.25) is 0 Å². The van der Waals surface area contributed by atoms with Crippen LogP contribution < -0.4 is 5.56 Å². The fourth-order valence-corrected chi connectivity index (χ4v) is 2.99. The maximum absolute atomic E-state index is 12.6. The number of fused-ring (bicyclic) bond motifs is 2. The normalized spacial score (nSPS) is 16.0. The van der Waals surface area contributed by atoms with Gasteiger partial charge in [0.05, 0.1) is 10.9 Å². The van der Waals surface area contributed by atoms with E-state index < -0.39 is 0 Å². The van der Waals surface area contributed by atoms with Crippen molar-refractivity contribution in [1.29, 1.82) is 0 Å². The van der Waals surface area contributed by atoms with Crippen LogP contribution in [0.25, 0.3) is 10.9 Å². The van der Waals surface area contributed by atoms with Crippen molar-refractivity contribution in [3.05, 3.63) is 70.0 Å². The van der Waals surface area contributed by atoms with E-state index in [1.165, 1.54) is 0 Å². The maximum Gasteiger partial charge on any atom is 0.261 e. The van der Waals surface area contributed by atoms with Gasteiger partial charge in [0.1, 0.15) is 11.5 Å². The van der Waals surface area contributed by atoms with E-state index in [0.29, 0.717) is 5.39 Å². The zero-order chi connectivity index (χ0) is 15.8. The lowest BCUT2D eigenvalue weighted by molar-refractivity contribution is 0.563. The summed E-state index contributed by atoms with van der Waals surface area (Å²) in [5, 5.41) is 0.658. The second kappa shape index (κ2) is 5.36. The third kappa shape index (κ3) is 2.40. The quantitative estimate of drug-likeness (QED) is 0.600. The summed E-state index contributed by atoms with van der Waals surface area (Å²) in [6.45, 7) is 2.07. The van der Waals surface area contributed by atoms with Crippen molar-refractivity contribution in [2.24, 2.45) is 0 Å². The van der Waals surface area contributed by atoms with Gasteiger partial charge in [-0.2, -0.15) is 0 Å². The zero-order valence-corrected chi connectivity index (χ0v) is 12.8. The van der Waals surface area contributed by atoms with Gasteiger partial charge >= 0.3 is 0 Å². The monoisotopic (exact) mass is 301 g/mol.